The van der Waals surface area contributed by atoms with Gasteiger partial charge in [-0.2, -0.15) is 0 Å². The number of fused-ring (bicyclic) bond motifs is 3. The second kappa shape index (κ2) is 5.81. The van der Waals surface area contributed by atoms with E-state index in [1.165, 1.54) is 0 Å². The summed E-state index contributed by atoms with van der Waals surface area (Å²) in [5.41, 5.74) is 3.04. The summed E-state index contributed by atoms with van der Waals surface area (Å²) in [7, 11) is 2.00. The number of nitrogens with zero attached hydrogens (tertiary/aromatic N) is 4. The van der Waals surface area contributed by atoms with Gasteiger partial charge in [-0.15, -0.1) is 10.2 Å². The third-order valence-electron chi connectivity index (χ3n) is 4.61. The number of para-hydroxylation sites is 2. The summed E-state index contributed by atoms with van der Waals surface area (Å²) in [5.74, 6) is 2.44. The lowest BCUT2D eigenvalue weighted by molar-refractivity contribution is -0.671. The van der Waals surface area contributed by atoms with Crippen molar-refractivity contribution >= 4 is 0 Å². The molecule has 26 heavy (non-hydrogen) atoms. The molecule has 5 heteroatoms. The molecular formula is C21H17N4O+. The fourth-order valence-corrected chi connectivity index (χ4v) is 3.31. The molecule has 0 amide bonds. The first kappa shape index (κ1) is 14.8. The standard InChI is InChI=1S/C21H17N4O/c1-24-13-11-16(12-14-24)20-22-23-21-19(15-7-3-2-4-8-15)26-18-10-6-5-9-17(18)25(20)21/h2-14,19H,1H3/q+1. The largest absolute Gasteiger partial charge is 0.475 e. The summed E-state index contributed by atoms with van der Waals surface area (Å²) in [4.78, 5) is 0. The minimum Gasteiger partial charge on any atom is -0.475 e. The first-order valence-corrected chi connectivity index (χ1v) is 8.53. The summed E-state index contributed by atoms with van der Waals surface area (Å²) >= 11 is 0. The molecule has 0 bridgehead atoms. The molecule has 1 aliphatic heterocycles. The maximum atomic E-state index is 6.29. The first-order valence-electron chi connectivity index (χ1n) is 8.53. The van der Waals surface area contributed by atoms with Crippen LogP contribution in [0.2, 0.25) is 0 Å². The van der Waals surface area contributed by atoms with Crippen molar-refractivity contribution in [2.24, 2.45) is 7.05 Å². The molecule has 0 spiro atoms. The Morgan fingerprint density at radius 3 is 2.42 bits per heavy atom. The predicted molar refractivity (Wildman–Crippen MR) is 96.9 cm³/mol. The lowest BCUT2D eigenvalue weighted by atomic mass is 10.1. The lowest BCUT2D eigenvalue weighted by Gasteiger charge is -2.27. The van der Waals surface area contributed by atoms with E-state index >= 15 is 0 Å². The average molecular weight is 341 g/mol. The van der Waals surface area contributed by atoms with Crippen LogP contribution >= 0.6 is 0 Å². The van der Waals surface area contributed by atoms with Crippen LogP contribution in [0.4, 0.5) is 0 Å². The van der Waals surface area contributed by atoms with E-state index in [2.05, 4.69) is 26.9 Å². The van der Waals surface area contributed by atoms with Crippen LogP contribution in [0.25, 0.3) is 17.1 Å². The number of rotatable bonds is 2. The van der Waals surface area contributed by atoms with Gasteiger partial charge in [0.2, 0.25) is 0 Å². The van der Waals surface area contributed by atoms with E-state index in [1.54, 1.807) is 0 Å². The molecule has 3 heterocycles. The number of benzene rings is 2. The van der Waals surface area contributed by atoms with E-state index in [0.717, 1.165) is 34.2 Å². The predicted octanol–water partition coefficient (Wildman–Crippen LogP) is 3.24. The summed E-state index contributed by atoms with van der Waals surface area (Å²) in [6.45, 7) is 0. The zero-order valence-electron chi connectivity index (χ0n) is 14.3. The van der Waals surface area contributed by atoms with Gasteiger partial charge in [-0.05, 0) is 12.1 Å². The Balaban J connectivity index is 1.74. The second-order valence-corrected chi connectivity index (χ2v) is 6.35. The molecule has 2 aromatic heterocycles. The van der Waals surface area contributed by atoms with Gasteiger partial charge < -0.3 is 4.74 Å². The molecular weight excluding hydrogens is 324 g/mol. The van der Waals surface area contributed by atoms with Gasteiger partial charge in [0.05, 0.1) is 5.69 Å². The van der Waals surface area contributed by atoms with Gasteiger partial charge in [0.25, 0.3) is 0 Å². The molecule has 5 rings (SSSR count). The summed E-state index contributed by atoms with van der Waals surface area (Å²) < 4.78 is 10.4. The van der Waals surface area contributed by atoms with Crippen LogP contribution in [0.3, 0.4) is 0 Å². The van der Waals surface area contributed by atoms with E-state index in [-0.39, 0.29) is 6.10 Å². The number of pyridine rings is 1. The maximum Gasteiger partial charge on any atom is 0.184 e. The molecule has 1 atom stereocenters. The Labute approximate surface area is 151 Å². The van der Waals surface area contributed by atoms with E-state index in [1.807, 2.05) is 78.6 Å². The molecule has 0 saturated carbocycles. The van der Waals surface area contributed by atoms with Crippen LogP contribution in [0.5, 0.6) is 5.75 Å². The van der Waals surface area contributed by atoms with Gasteiger partial charge in [-0.25, -0.2) is 4.57 Å². The first-order chi connectivity index (χ1) is 12.8. The molecule has 126 valence electrons. The normalized spacial score (nSPS) is 15.0. The fraction of sp³-hybridized carbons (Fsp3) is 0.0952. The Morgan fingerprint density at radius 1 is 0.885 bits per heavy atom. The Kier molecular flexibility index (Phi) is 3.31. The fourth-order valence-electron chi connectivity index (χ4n) is 3.31. The zero-order chi connectivity index (χ0) is 17.5. The van der Waals surface area contributed by atoms with Crippen molar-refractivity contribution < 1.29 is 9.30 Å². The summed E-state index contributed by atoms with van der Waals surface area (Å²) in [6.07, 6.45) is 3.74. The minimum atomic E-state index is -0.285. The highest BCUT2D eigenvalue weighted by Crippen LogP contribution is 2.40. The third kappa shape index (κ3) is 2.29. The quantitative estimate of drug-likeness (QED) is 0.526. The molecule has 0 N–H and O–H groups in total. The molecule has 0 fully saturated rings. The topological polar surface area (TPSA) is 43.8 Å². The highest BCUT2D eigenvalue weighted by molar-refractivity contribution is 5.62. The van der Waals surface area contributed by atoms with Crippen molar-refractivity contribution in [2.45, 2.75) is 6.10 Å². The highest BCUT2D eigenvalue weighted by atomic mass is 16.5. The van der Waals surface area contributed by atoms with E-state index in [0.29, 0.717) is 0 Å². The molecule has 5 nitrogen and oxygen atoms in total. The molecule has 2 aromatic carbocycles. The monoisotopic (exact) mass is 341 g/mol. The van der Waals surface area contributed by atoms with Gasteiger partial charge in [-0.1, -0.05) is 42.5 Å². The third-order valence-corrected chi connectivity index (χ3v) is 4.61. The van der Waals surface area contributed by atoms with Crippen LogP contribution in [0, 0.1) is 0 Å². The highest BCUT2D eigenvalue weighted by Gasteiger charge is 2.32. The molecule has 0 radical (unpaired) electrons. The molecule has 0 saturated heterocycles. The molecule has 1 unspecified atom stereocenters. The minimum absolute atomic E-state index is 0.285. The number of aromatic nitrogens is 4. The van der Waals surface area contributed by atoms with Gasteiger partial charge in [0, 0.05) is 23.3 Å². The number of hydrogen-bond donors (Lipinski definition) is 0. The average Bonchev–Trinajstić information content (AvgIpc) is 3.14. The van der Waals surface area contributed by atoms with Gasteiger partial charge >= 0.3 is 0 Å². The van der Waals surface area contributed by atoms with Crippen LogP contribution in [-0.2, 0) is 7.05 Å². The van der Waals surface area contributed by atoms with E-state index in [9.17, 15) is 0 Å². The number of hydrogen-bond acceptors (Lipinski definition) is 3. The Morgan fingerprint density at radius 2 is 1.62 bits per heavy atom. The SMILES string of the molecule is C[n+]1ccc(-c2nnc3n2-c2ccccc2OC3c2ccccc2)cc1. The van der Waals surface area contributed by atoms with Gasteiger partial charge in [0.15, 0.2) is 30.1 Å². The van der Waals surface area contributed by atoms with Crippen molar-refractivity contribution in [2.75, 3.05) is 0 Å². The van der Waals surface area contributed by atoms with Crippen LogP contribution in [0.15, 0.2) is 79.1 Å². The van der Waals surface area contributed by atoms with Crippen LogP contribution in [0.1, 0.15) is 17.5 Å². The van der Waals surface area contributed by atoms with E-state index < -0.39 is 0 Å². The van der Waals surface area contributed by atoms with Crippen molar-refractivity contribution in [3.8, 4) is 22.8 Å². The van der Waals surface area contributed by atoms with Crippen molar-refractivity contribution in [3.63, 3.8) is 0 Å². The number of ether oxygens (including phenoxy) is 1. The van der Waals surface area contributed by atoms with Crippen molar-refractivity contribution in [1.29, 1.82) is 0 Å². The molecule has 4 aromatic rings. The smallest absolute Gasteiger partial charge is 0.184 e. The second-order valence-electron chi connectivity index (χ2n) is 6.35. The van der Waals surface area contributed by atoms with Crippen LogP contribution < -0.4 is 9.30 Å². The summed E-state index contributed by atoms with van der Waals surface area (Å²) in [5, 5.41) is 8.99. The van der Waals surface area contributed by atoms with E-state index in [4.69, 9.17) is 4.74 Å². The van der Waals surface area contributed by atoms with Gasteiger partial charge in [-0.3, -0.25) is 4.57 Å². The molecule has 0 aliphatic carbocycles. The van der Waals surface area contributed by atoms with Gasteiger partial charge in [0.1, 0.15) is 12.8 Å². The van der Waals surface area contributed by atoms with Crippen molar-refractivity contribution in [3.05, 3.63) is 90.5 Å². The van der Waals surface area contributed by atoms with Crippen LogP contribution in [-0.4, -0.2) is 14.8 Å². The zero-order valence-corrected chi connectivity index (χ0v) is 14.3. The Bertz CT molecular complexity index is 1070. The van der Waals surface area contributed by atoms with Crippen molar-refractivity contribution in [1.82, 2.24) is 14.8 Å². The molecule has 1 aliphatic rings. The summed E-state index contributed by atoms with van der Waals surface area (Å²) in [6, 6.07) is 22.2. The number of aryl methyl sites for hydroxylation is 1. The Hall–Kier alpha value is -3.47. The lowest BCUT2D eigenvalue weighted by Crippen LogP contribution is -2.26. The maximum absolute atomic E-state index is 6.29.